The largest absolute Gasteiger partial charge is 1.00 e. The first-order chi connectivity index (χ1) is 22.7. The van der Waals surface area contributed by atoms with Gasteiger partial charge in [-0.3, -0.25) is 0 Å². The molecule has 262 valence electrons. The van der Waals surface area contributed by atoms with Crippen LogP contribution < -0.4 is 28.1 Å². The Labute approximate surface area is 323 Å². The maximum atomic E-state index is 2.63. The number of rotatable bonds is 8. The maximum absolute atomic E-state index is 2.63. The van der Waals surface area contributed by atoms with Gasteiger partial charge in [0.1, 0.15) is 0 Å². The second-order valence-corrected chi connectivity index (χ2v) is 23.6. The van der Waals surface area contributed by atoms with Crippen molar-refractivity contribution in [3.8, 4) is 33.4 Å². The molecule has 0 fully saturated rings. The Morgan fingerprint density at radius 3 is 1.70 bits per heavy atom. The van der Waals surface area contributed by atoms with Gasteiger partial charge in [0.2, 0.25) is 0 Å². The van der Waals surface area contributed by atoms with Crippen molar-refractivity contribution in [3.05, 3.63) is 123 Å². The standard InChI is InChI=1S/C33H33.C9H18.C5H5.2ClH.Zr/c1-32(2,3)30-20-26-24(18-28(30)22-13-9-7-10-14-22)17-25-19-29(23-15-11-8-12-16-23)31(21-27(25)26)33(4,5)6;1-8(2)6-5-7-9(3)4;1-2-4-5-3-1;;;/h7-16,18,20-21H,17H2,1-6H3;8-9H,6-7H2,1-4H3;1-3H,4H2;2*1H;/q;;;;;+2/p-2. The molecule has 0 aromatic heterocycles. The molecule has 6 rings (SSSR count). The number of hydrogen-bond acceptors (Lipinski definition) is 0. The summed E-state index contributed by atoms with van der Waals surface area (Å²) in [4.78, 5) is 0. The van der Waals surface area contributed by atoms with Crippen molar-refractivity contribution in [2.75, 3.05) is 0 Å². The summed E-state index contributed by atoms with van der Waals surface area (Å²) in [7, 11) is 0. The summed E-state index contributed by atoms with van der Waals surface area (Å²) in [5.41, 5.74) is 14.8. The van der Waals surface area contributed by atoms with E-state index in [4.69, 9.17) is 0 Å². The van der Waals surface area contributed by atoms with Crippen LogP contribution in [0.15, 0.2) is 100 Å². The van der Waals surface area contributed by atoms with Gasteiger partial charge in [-0.05, 0) is 0 Å². The molecule has 0 nitrogen and oxygen atoms in total. The van der Waals surface area contributed by atoms with Gasteiger partial charge in [0, 0.05) is 0 Å². The minimum absolute atomic E-state index is 0. The van der Waals surface area contributed by atoms with Crippen molar-refractivity contribution in [2.24, 2.45) is 11.8 Å². The van der Waals surface area contributed by atoms with Gasteiger partial charge in [0.05, 0.1) is 0 Å². The topological polar surface area (TPSA) is 0 Å². The zero-order valence-electron chi connectivity index (χ0n) is 32.0. The summed E-state index contributed by atoms with van der Waals surface area (Å²) in [6.45, 7) is 24.2. The van der Waals surface area contributed by atoms with Gasteiger partial charge in [-0.15, -0.1) is 0 Å². The van der Waals surface area contributed by atoms with Crippen molar-refractivity contribution >= 4 is 6.48 Å². The van der Waals surface area contributed by atoms with E-state index in [-0.39, 0.29) is 35.6 Å². The molecule has 0 saturated carbocycles. The molecule has 0 N–H and O–H groups in total. The van der Waals surface area contributed by atoms with Gasteiger partial charge >= 0.3 is 301 Å². The average molecular weight is 783 g/mol. The van der Waals surface area contributed by atoms with E-state index in [1.165, 1.54) is 57.3 Å². The Kier molecular flexibility index (Phi) is 13.1. The molecule has 0 heterocycles. The van der Waals surface area contributed by atoms with Crippen molar-refractivity contribution < 1.29 is 46.1 Å². The maximum Gasteiger partial charge on any atom is -1.00 e. The monoisotopic (exact) mass is 780 g/mol. The Balaban J connectivity index is 0.00000281. The van der Waals surface area contributed by atoms with Gasteiger partial charge in [0.25, 0.3) is 0 Å². The Hall–Kier alpha value is -2.31. The first kappa shape index (κ1) is 40.5. The quantitative estimate of drug-likeness (QED) is 0.168. The number of allylic oxidation sites excluding steroid dienone is 4. The zero-order valence-corrected chi connectivity index (χ0v) is 35.9. The molecule has 0 atom stereocenters. The summed E-state index contributed by atoms with van der Waals surface area (Å²) >= 11 is -2.61. The third-order valence-electron chi connectivity index (χ3n) is 10.1. The predicted molar refractivity (Wildman–Crippen MR) is 208 cm³/mol. The van der Waals surface area contributed by atoms with Crippen molar-refractivity contribution in [2.45, 2.75) is 106 Å². The van der Waals surface area contributed by atoms with Crippen LogP contribution in [0.4, 0.5) is 0 Å². The van der Waals surface area contributed by atoms with E-state index in [0.717, 1.165) is 12.8 Å². The first-order valence-electron chi connectivity index (χ1n) is 18.3. The molecular weight excluding hydrogens is 727 g/mol. The first-order valence-corrected chi connectivity index (χ1v) is 22.0. The van der Waals surface area contributed by atoms with E-state index in [9.17, 15) is 0 Å². The fourth-order valence-corrected chi connectivity index (χ4v) is 17.9. The third-order valence-corrected chi connectivity index (χ3v) is 17.9. The minimum atomic E-state index is -2.61. The molecule has 4 aromatic carbocycles. The van der Waals surface area contributed by atoms with E-state index in [0.29, 0.717) is 11.8 Å². The van der Waals surface area contributed by atoms with Crippen LogP contribution in [0.2, 0.25) is 0 Å². The summed E-state index contributed by atoms with van der Waals surface area (Å²) in [6.07, 6.45) is 11.9. The van der Waals surface area contributed by atoms with Crippen LogP contribution >= 0.6 is 0 Å². The van der Waals surface area contributed by atoms with Crippen molar-refractivity contribution in [3.63, 3.8) is 0 Å². The minimum Gasteiger partial charge on any atom is -1.00 e. The van der Waals surface area contributed by atoms with Crippen LogP contribution in [0, 0.1) is 11.8 Å². The molecule has 3 heteroatoms. The molecule has 0 radical (unpaired) electrons. The molecule has 4 aromatic rings. The third kappa shape index (κ3) is 8.33. The summed E-state index contributed by atoms with van der Waals surface area (Å²) in [5.74, 6) is 1.31. The number of benzene rings is 4. The van der Waals surface area contributed by atoms with Gasteiger partial charge in [-0.25, -0.2) is 0 Å². The van der Waals surface area contributed by atoms with E-state index < -0.39 is 21.3 Å². The Morgan fingerprint density at radius 1 is 0.660 bits per heavy atom. The van der Waals surface area contributed by atoms with Gasteiger partial charge in [-0.1, -0.05) is 0 Å². The predicted octanol–water partition coefficient (Wildman–Crippen LogP) is 6.55. The van der Waals surface area contributed by atoms with Crippen LogP contribution in [0.25, 0.3) is 33.4 Å². The molecular formula is C47H56Cl2Zr. The van der Waals surface area contributed by atoms with Crippen LogP contribution in [0.1, 0.15) is 111 Å². The molecule has 0 aliphatic heterocycles. The van der Waals surface area contributed by atoms with Crippen LogP contribution in [-0.4, -0.2) is 3.21 Å². The Morgan fingerprint density at radius 2 is 1.20 bits per heavy atom. The molecule has 2 aliphatic carbocycles. The van der Waals surface area contributed by atoms with Gasteiger partial charge < -0.3 is 24.8 Å². The fraction of sp³-hybridized carbons (Fsp3) is 0.383. The zero-order chi connectivity index (χ0) is 34.4. The number of hydrogen-bond donors (Lipinski definition) is 0. The van der Waals surface area contributed by atoms with Gasteiger partial charge in [-0.2, -0.15) is 0 Å². The van der Waals surface area contributed by atoms with E-state index in [1.807, 2.05) is 3.21 Å². The van der Waals surface area contributed by atoms with E-state index in [2.05, 4.69) is 166 Å². The smallest absolute Gasteiger partial charge is 1.00 e. The van der Waals surface area contributed by atoms with Crippen molar-refractivity contribution in [1.82, 2.24) is 0 Å². The molecule has 0 saturated heterocycles. The molecule has 0 bridgehead atoms. The molecule has 2 aliphatic rings. The van der Waals surface area contributed by atoms with Crippen molar-refractivity contribution in [1.29, 1.82) is 0 Å². The molecule has 0 spiro atoms. The van der Waals surface area contributed by atoms with E-state index in [1.54, 1.807) is 17.7 Å². The average Bonchev–Trinajstić information content (AvgIpc) is 3.68. The fourth-order valence-electron chi connectivity index (χ4n) is 8.10. The number of fused-ring (bicyclic) bond motifs is 3. The molecule has 0 unspecified atom stereocenters. The van der Waals surface area contributed by atoms with Crippen LogP contribution in [0.5, 0.6) is 0 Å². The summed E-state index contributed by atoms with van der Waals surface area (Å²) in [6, 6.07) is 30.3. The number of halogens is 2. The van der Waals surface area contributed by atoms with E-state index >= 15 is 0 Å². The van der Waals surface area contributed by atoms with Crippen LogP contribution in [0.3, 0.4) is 0 Å². The normalized spacial score (nSPS) is 13.3. The van der Waals surface area contributed by atoms with Gasteiger partial charge in [0.15, 0.2) is 0 Å². The summed E-state index contributed by atoms with van der Waals surface area (Å²) in [5, 5.41) is 0. The summed E-state index contributed by atoms with van der Waals surface area (Å²) < 4.78 is 5.43. The molecule has 50 heavy (non-hydrogen) atoms. The van der Waals surface area contributed by atoms with Crippen LogP contribution in [-0.2, 0) is 38.5 Å². The SMILES string of the molecule is CC(C)C[C](CC(C)C)=[Zr+2]([C]1=CC=CC1)[c]1c2c(cc(C(C)(C)C)c1-c1ccccc1)-c1cc(C(C)(C)C)c(-c3ccccc3)cc1C2.[Cl-].[Cl-]. The second kappa shape index (κ2) is 16.2. The molecule has 0 amide bonds. The Bertz CT molecular complexity index is 1900. The second-order valence-electron chi connectivity index (χ2n) is 17.2.